The molecule has 1 amide bonds. The molecule has 25 heavy (non-hydrogen) atoms. The first-order chi connectivity index (χ1) is 11.6. The van der Waals surface area contributed by atoms with Gasteiger partial charge >= 0.3 is 7.12 Å². The fraction of sp³-hybridized carbons (Fsp3) is 0.444. The van der Waals surface area contributed by atoms with Crippen LogP contribution in [0.3, 0.4) is 0 Å². The summed E-state index contributed by atoms with van der Waals surface area (Å²) in [5, 5.41) is 11.7. The molecule has 2 rings (SSSR count). The van der Waals surface area contributed by atoms with Gasteiger partial charge in [-0.15, -0.1) is 0 Å². The van der Waals surface area contributed by atoms with E-state index >= 15 is 0 Å². The van der Waals surface area contributed by atoms with Crippen molar-refractivity contribution in [2.24, 2.45) is 0 Å². The monoisotopic (exact) mass is 344 g/mol. The van der Waals surface area contributed by atoms with Crippen LogP contribution in [0.2, 0.25) is 0 Å². The SMILES string of the molecule is CC(=O)NCC(=Cc1ccc(F)c(C#N)c1)B1OC(C)(C)C(C)(C)O1. The Morgan fingerprint density at radius 2 is 1.92 bits per heavy atom. The van der Waals surface area contributed by atoms with E-state index in [1.807, 2.05) is 33.8 Å². The van der Waals surface area contributed by atoms with Crippen LogP contribution in [0.4, 0.5) is 4.39 Å². The highest BCUT2D eigenvalue weighted by Gasteiger charge is 2.52. The Morgan fingerprint density at radius 1 is 1.32 bits per heavy atom. The molecule has 0 aliphatic carbocycles. The molecule has 0 aromatic heterocycles. The van der Waals surface area contributed by atoms with Crippen LogP contribution < -0.4 is 5.32 Å². The van der Waals surface area contributed by atoms with Crippen molar-refractivity contribution in [2.45, 2.75) is 45.8 Å². The number of rotatable bonds is 4. The quantitative estimate of drug-likeness (QED) is 0.853. The van der Waals surface area contributed by atoms with E-state index in [1.54, 1.807) is 12.1 Å². The van der Waals surface area contributed by atoms with Gasteiger partial charge in [-0.05, 0) is 50.9 Å². The highest BCUT2D eigenvalue weighted by Crippen LogP contribution is 2.38. The van der Waals surface area contributed by atoms with Crippen LogP contribution in [-0.2, 0) is 14.1 Å². The summed E-state index contributed by atoms with van der Waals surface area (Å²) in [5.41, 5.74) is 0.236. The number of carbonyl (C=O) groups excluding carboxylic acids is 1. The maximum absolute atomic E-state index is 13.5. The second kappa shape index (κ2) is 6.99. The van der Waals surface area contributed by atoms with E-state index in [0.717, 1.165) is 0 Å². The Bertz CT molecular complexity index is 737. The lowest BCUT2D eigenvalue weighted by Gasteiger charge is -2.32. The van der Waals surface area contributed by atoms with Crippen LogP contribution in [0.25, 0.3) is 6.08 Å². The highest BCUT2D eigenvalue weighted by molar-refractivity contribution is 6.56. The van der Waals surface area contributed by atoms with Crippen LogP contribution in [0.5, 0.6) is 0 Å². The van der Waals surface area contributed by atoms with Gasteiger partial charge in [-0.2, -0.15) is 5.26 Å². The van der Waals surface area contributed by atoms with Gasteiger partial charge < -0.3 is 14.6 Å². The fourth-order valence-electron chi connectivity index (χ4n) is 2.36. The number of amides is 1. The number of nitriles is 1. The normalized spacial score (nSPS) is 18.8. The lowest BCUT2D eigenvalue weighted by Crippen LogP contribution is -2.41. The summed E-state index contributed by atoms with van der Waals surface area (Å²) in [6, 6.07) is 6.08. The van der Waals surface area contributed by atoms with Crippen LogP contribution >= 0.6 is 0 Å². The summed E-state index contributed by atoms with van der Waals surface area (Å²) in [6.45, 7) is 9.41. The van der Waals surface area contributed by atoms with Crippen LogP contribution in [0.15, 0.2) is 23.7 Å². The van der Waals surface area contributed by atoms with E-state index < -0.39 is 24.1 Å². The maximum Gasteiger partial charge on any atom is 0.492 e. The molecule has 1 aromatic rings. The van der Waals surface area contributed by atoms with E-state index in [0.29, 0.717) is 11.0 Å². The number of hydrogen-bond acceptors (Lipinski definition) is 4. The molecular weight excluding hydrogens is 322 g/mol. The fourth-order valence-corrected chi connectivity index (χ4v) is 2.36. The molecule has 1 aliphatic heterocycles. The predicted molar refractivity (Wildman–Crippen MR) is 93.9 cm³/mol. The zero-order valence-electron chi connectivity index (χ0n) is 15.1. The molecule has 1 fully saturated rings. The summed E-state index contributed by atoms with van der Waals surface area (Å²) in [4.78, 5) is 11.3. The first-order valence-corrected chi connectivity index (χ1v) is 8.06. The molecule has 0 saturated carbocycles. The zero-order valence-corrected chi connectivity index (χ0v) is 15.1. The molecule has 1 aliphatic rings. The maximum atomic E-state index is 13.5. The summed E-state index contributed by atoms with van der Waals surface area (Å²) in [5.74, 6) is -0.752. The standard InChI is InChI=1S/C18H22BFN2O3/c1-12(23)22-11-15(19-24-17(2,3)18(4,5)25-19)9-13-6-7-16(20)14(8-13)10-21/h6-9H,11H2,1-5H3,(H,22,23). The van der Waals surface area contributed by atoms with Crippen LogP contribution in [-0.4, -0.2) is 30.8 Å². The topological polar surface area (TPSA) is 71.4 Å². The zero-order chi connectivity index (χ0) is 18.8. The molecule has 5 nitrogen and oxygen atoms in total. The Kier molecular flexibility index (Phi) is 5.35. The van der Waals surface area contributed by atoms with Crippen LogP contribution in [0, 0.1) is 17.1 Å². The van der Waals surface area contributed by atoms with Crippen molar-refractivity contribution < 1.29 is 18.5 Å². The minimum atomic E-state index is -0.646. The van der Waals surface area contributed by atoms with Crippen molar-refractivity contribution in [3.63, 3.8) is 0 Å². The van der Waals surface area contributed by atoms with Gasteiger partial charge in [-0.3, -0.25) is 4.79 Å². The van der Waals surface area contributed by atoms with E-state index in [2.05, 4.69) is 5.32 Å². The van der Waals surface area contributed by atoms with Crippen molar-refractivity contribution in [2.75, 3.05) is 6.54 Å². The number of nitrogens with one attached hydrogen (secondary N) is 1. The van der Waals surface area contributed by atoms with Gasteiger partial charge in [0.1, 0.15) is 11.9 Å². The molecule has 1 heterocycles. The van der Waals surface area contributed by atoms with Gasteiger partial charge in [-0.1, -0.05) is 12.1 Å². The minimum Gasteiger partial charge on any atom is -0.400 e. The van der Waals surface area contributed by atoms with E-state index in [4.69, 9.17) is 14.6 Å². The molecule has 7 heteroatoms. The average Bonchev–Trinajstić information content (AvgIpc) is 2.73. The number of carbonyl (C=O) groups is 1. The van der Waals surface area contributed by atoms with Crippen molar-refractivity contribution in [3.05, 3.63) is 40.6 Å². The van der Waals surface area contributed by atoms with Crippen molar-refractivity contribution in [3.8, 4) is 6.07 Å². The molecule has 0 bridgehead atoms. The molecule has 0 atom stereocenters. The molecule has 1 aromatic carbocycles. The lowest BCUT2D eigenvalue weighted by molar-refractivity contribution is -0.118. The largest absolute Gasteiger partial charge is 0.492 e. The molecule has 0 spiro atoms. The van der Waals surface area contributed by atoms with E-state index in [9.17, 15) is 9.18 Å². The Balaban J connectivity index is 2.37. The van der Waals surface area contributed by atoms with Gasteiger partial charge in [0.25, 0.3) is 0 Å². The Labute approximate surface area is 148 Å². The first-order valence-electron chi connectivity index (χ1n) is 8.06. The second-order valence-electron chi connectivity index (χ2n) is 7.07. The Morgan fingerprint density at radius 3 is 2.44 bits per heavy atom. The smallest absolute Gasteiger partial charge is 0.400 e. The molecule has 0 unspecified atom stereocenters. The molecule has 132 valence electrons. The molecule has 0 radical (unpaired) electrons. The third-order valence-electron chi connectivity index (χ3n) is 4.56. The predicted octanol–water partition coefficient (Wildman–Crippen LogP) is 2.85. The third kappa shape index (κ3) is 4.27. The number of halogens is 1. The van der Waals surface area contributed by atoms with Gasteiger partial charge in [0.2, 0.25) is 5.91 Å². The molecule has 1 N–H and O–H groups in total. The van der Waals surface area contributed by atoms with Crippen molar-refractivity contribution in [1.82, 2.24) is 5.32 Å². The molecular formula is C18H22BFN2O3. The van der Waals surface area contributed by atoms with Gasteiger partial charge in [0, 0.05) is 13.5 Å². The summed E-state index contributed by atoms with van der Waals surface area (Å²) in [7, 11) is -0.646. The van der Waals surface area contributed by atoms with Gasteiger partial charge in [0.15, 0.2) is 0 Å². The van der Waals surface area contributed by atoms with Crippen molar-refractivity contribution >= 4 is 19.1 Å². The number of nitrogens with zero attached hydrogens (tertiary/aromatic N) is 1. The minimum absolute atomic E-state index is 0.0402. The van der Waals surface area contributed by atoms with Gasteiger partial charge in [0.05, 0.1) is 16.8 Å². The van der Waals surface area contributed by atoms with E-state index in [1.165, 1.54) is 19.1 Å². The number of hydrogen-bond donors (Lipinski definition) is 1. The van der Waals surface area contributed by atoms with Gasteiger partial charge in [-0.25, -0.2) is 4.39 Å². The number of benzene rings is 1. The third-order valence-corrected chi connectivity index (χ3v) is 4.56. The van der Waals surface area contributed by atoms with E-state index in [-0.39, 0.29) is 18.0 Å². The average molecular weight is 344 g/mol. The summed E-state index contributed by atoms with van der Waals surface area (Å²) >= 11 is 0. The second-order valence-corrected chi connectivity index (χ2v) is 7.07. The van der Waals surface area contributed by atoms with Crippen molar-refractivity contribution in [1.29, 1.82) is 5.26 Å². The summed E-state index contributed by atoms with van der Waals surface area (Å²) in [6.07, 6.45) is 1.75. The Hall–Kier alpha value is -2.17. The summed E-state index contributed by atoms with van der Waals surface area (Å²) < 4.78 is 25.6. The lowest BCUT2D eigenvalue weighted by atomic mass is 9.77. The highest BCUT2D eigenvalue weighted by atomic mass is 19.1. The first kappa shape index (κ1) is 19.2. The molecule has 1 saturated heterocycles. The van der Waals surface area contributed by atoms with Crippen LogP contribution in [0.1, 0.15) is 45.7 Å².